The second kappa shape index (κ2) is 10.1. The third kappa shape index (κ3) is 5.69. The van der Waals surface area contributed by atoms with Gasteiger partial charge in [-0.25, -0.2) is 4.79 Å². The van der Waals surface area contributed by atoms with E-state index in [0.29, 0.717) is 29.2 Å². The molecule has 0 aliphatic rings. The molecule has 0 unspecified atom stereocenters. The largest absolute Gasteiger partial charge is 0.489 e. The van der Waals surface area contributed by atoms with Crippen LogP contribution in [0, 0.1) is 0 Å². The van der Waals surface area contributed by atoms with Crippen LogP contribution < -0.4 is 9.47 Å². The smallest absolute Gasteiger partial charge is 0.342 e. The molecule has 0 radical (unpaired) electrons. The first-order valence-electron chi connectivity index (χ1n) is 9.31. The van der Waals surface area contributed by atoms with Crippen molar-refractivity contribution in [2.24, 2.45) is 0 Å². The van der Waals surface area contributed by atoms with Gasteiger partial charge in [-0.15, -0.1) is 0 Å². The van der Waals surface area contributed by atoms with Crippen LogP contribution in [-0.2, 0) is 11.3 Å². The van der Waals surface area contributed by atoms with Gasteiger partial charge in [0, 0.05) is 0 Å². The van der Waals surface area contributed by atoms with Gasteiger partial charge in [-0.1, -0.05) is 54.6 Å². The van der Waals surface area contributed by atoms with Crippen LogP contribution in [-0.4, -0.2) is 25.0 Å². The van der Waals surface area contributed by atoms with Gasteiger partial charge in [-0.05, 0) is 36.8 Å². The van der Waals surface area contributed by atoms with Gasteiger partial charge >= 0.3 is 5.97 Å². The highest BCUT2D eigenvalue weighted by atomic mass is 16.6. The molecule has 0 N–H and O–H groups in total. The molecule has 0 atom stereocenters. The lowest BCUT2D eigenvalue weighted by atomic mass is 10.1. The molecule has 0 aliphatic heterocycles. The predicted molar refractivity (Wildman–Crippen MR) is 109 cm³/mol. The van der Waals surface area contributed by atoms with E-state index >= 15 is 0 Å². The number of ketones is 1. The molecule has 5 heteroatoms. The Bertz CT molecular complexity index is 966. The zero-order valence-corrected chi connectivity index (χ0v) is 16.2. The van der Waals surface area contributed by atoms with Crippen LogP contribution in [0.15, 0.2) is 78.9 Å². The summed E-state index contributed by atoms with van der Waals surface area (Å²) >= 11 is 0. The fraction of sp³-hybridized carbons (Fsp3) is 0.167. The van der Waals surface area contributed by atoms with Gasteiger partial charge in [0.1, 0.15) is 36.9 Å². The van der Waals surface area contributed by atoms with Crippen LogP contribution >= 0.6 is 0 Å². The summed E-state index contributed by atoms with van der Waals surface area (Å²) in [6, 6.07) is 23.6. The summed E-state index contributed by atoms with van der Waals surface area (Å²) in [5.41, 5.74) is 1.86. The van der Waals surface area contributed by atoms with Crippen LogP contribution in [0.1, 0.15) is 33.2 Å². The highest BCUT2D eigenvalue weighted by Crippen LogP contribution is 2.21. The first-order chi connectivity index (χ1) is 14.1. The lowest BCUT2D eigenvalue weighted by Crippen LogP contribution is -2.14. The molecule has 0 heterocycles. The Morgan fingerprint density at radius 2 is 1.28 bits per heavy atom. The predicted octanol–water partition coefficient (Wildman–Crippen LogP) is 4.70. The van der Waals surface area contributed by atoms with Crippen molar-refractivity contribution in [2.45, 2.75) is 13.5 Å². The average Bonchev–Trinajstić information content (AvgIpc) is 2.76. The molecular formula is C24H22O5. The molecule has 3 aromatic rings. The van der Waals surface area contributed by atoms with Crippen LogP contribution in [0.2, 0.25) is 0 Å². The van der Waals surface area contributed by atoms with E-state index in [1.54, 1.807) is 48.5 Å². The van der Waals surface area contributed by atoms with Gasteiger partial charge in [0.05, 0.1) is 5.56 Å². The van der Waals surface area contributed by atoms with E-state index in [1.165, 1.54) is 6.92 Å². The van der Waals surface area contributed by atoms with Crippen molar-refractivity contribution < 1.29 is 23.8 Å². The molecule has 0 spiro atoms. The number of para-hydroxylation sites is 2. The van der Waals surface area contributed by atoms with Crippen LogP contribution in [0.3, 0.4) is 0 Å². The van der Waals surface area contributed by atoms with E-state index in [-0.39, 0.29) is 19.0 Å². The minimum atomic E-state index is -0.489. The zero-order chi connectivity index (χ0) is 20.5. The van der Waals surface area contributed by atoms with E-state index in [1.807, 2.05) is 30.3 Å². The van der Waals surface area contributed by atoms with Gasteiger partial charge in [-0.2, -0.15) is 0 Å². The SMILES string of the molecule is CC(=O)c1ccccc1OCCOC(=O)c1ccccc1OCc1ccccc1. The first kappa shape index (κ1) is 20.1. The normalized spacial score (nSPS) is 10.2. The lowest BCUT2D eigenvalue weighted by Gasteiger charge is -2.12. The van der Waals surface area contributed by atoms with Crippen molar-refractivity contribution >= 4 is 11.8 Å². The number of Topliss-reactive ketones (excluding diaryl/α,β-unsaturated/α-hetero) is 1. The third-order valence-electron chi connectivity index (χ3n) is 4.18. The molecule has 148 valence electrons. The number of ether oxygens (including phenoxy) is 3. The van der Waals surface area contributed by atoms with E-state index in [9.17, 15) is 9.59 Å². The topological polar surface area (TPSA) is 61.8 Å². The molecule has 5 nitrogen and oxygen atoms in total. The summed E-state index contributed by atoms with van der Waals surface area (Å²) in [4.78, 5) is 24.1. The molecular weight excluding hydrogens is 368 g/mol. The number of carbonyl (C=O) groups excluding carboxylic acids is 2. The fourth-order valence-corrected chi connectivity index (χ4v) is 2.74. The Balaban J connectivity index is 1.54. The summed E-state index contributed by atoms with van der Waals surface area (Å²) < 4.78 is 16.7. The second-order valence-corrected chi connectivity index (χ2v) is 6.31. The number of benzene rings is 3. The Labute approximate surface area is 169 Å². The minimum Gasteiger partial charge on any atom is -0.489 e. The summed E-state index contributed by atoms with van der Waals surface area (Å²) in [6.45, 7) is 2.03. The minimum absolute atomic E-state index is 0.0537. The summed E-state index contributed by atoms with van der Waals surface area (Å²) in [5, 5.41) is 0. The van der Waals surface area contributed by atoms with E-state index in [4.69, 9.17) is 14.2 Å². The maximum absolute atomic E-state index is 12.5. The van der Waals surface area contributed by atoms with Crippen molar-refractivity contribution in [1.29, 1.82) is 0 Å². The van der Waals surface area contributed by atoms with Crippen LogP contribution in [0.5, 0.6) is 11.5 Å². The van der Waals surface area contributed by atoms with Crippen molar-refractivity contribution in [1.82, 2.24) is 0 Å². The molecule has 0 saturated carbocycles. The van der Waals surface area contributed by atoms with Gasteiger partial charge in [0.2, 0.25) is 0 Å². The van der Waals surface area contributed by atoms with E-state index < -0.39 is 5.97 Å². The van der Waals surface area contributed by atoms with Crippen LogP contribution in [0.4, 0.5) is 0 Å². The zero-order valence-electron chi connectivity index (χ0n) is 16.2. The maximum atomic E-state index is 12.5. The van der Waals surface area contributed by atoms with Gasteiger partial charge in [0.25, 0.3) is 0 Å². The molecule has 0 bridgehead atoms. The summed E-state index contributed by atoms with van der Waals surface area (Å²) in [6.07, 6.45) is 0. The van der Waals surface area contributed by atoms with Crippen molar-refractivity contribution in [3.63, 3.8) is 0 Å². The Hall–Kier alpha value is -3.60. The quantitative estimate of drug-likeness (QED) is 0.301. The number of rotatable bonds is 9. The highest BCUT2D eigenvalue weighted by molar-refractivity contribution is 5.96. The van der Waals surface area contributed by atoms with Crippen LogP contribution in [0.25, 0.3) is 0 Å². The fourth-order valence-electron chi connectivity index (χ4n) is 2.74. The molecule has 0 aromatic heterocycles. The standard InChI is InChI=1S/C24H22O5/c1-18(25)20-11-5-7-13-22(20)27-15-16-28-24(26)21-12-6-8-14-23(21)29-17-19-9-3-2-4-10-19/h2-14H,15-17H2,1H3. The Morgan fingerprint density at radius 3 is 1.97 bits per heavy atom. The molecule has 0 fully saturated rings. The molecule has 3 aromatic carbocycles. The molecule has 0 saturated heterocycles. The van der Waals surface area contributed by atoms with E-state index in [0.717, 1.165) is 5.56 Å². The molecule has 0 amide bonds. The highest BCUT2D eigenvalue weighted by Gasteiger charge is 2.14. The monoisotopic (exact) mass is 390 g/mol. The second-order valence-electron chi connectivity index (χ2n) is 6.31. The molecule has 29 heavy (non-hydrogen) atoms. The maximum Gasteiger partial charge on any atom is 0.342 e. The van der Waals surface area contributed by atoms with Gasteiger partial charge in [0.15, 0.2) is 5.78 Å². The molecule has 0 aliphatic carbocycles. The number of carbonyl (C=O) groups is 2. The van der Waals surface area contributed by atoms with Crippen molar-refractivity contribution in [2.75, 3.05) is 13.2 Å². The third-order valence-corrected chi connectivity index (χ3v) is 4.18. The molecule has 3 rings (SSSR count). The van der Waals surface area contributed by atoms with Gasteiger partial charge in [-0.3, -0.25) is 4.79 Å². The number of hydrogen-bond donors (Lipinski definition) is 0. The van der Waals surface area contributed by atoms with Gasteiger partial charge < -0.3 is 14.2 Å². The van der Waals surface area contributed by atoms with E-state index in [2.05, 4.69) is 0 Å². The average molecular weight is 390 g/mol. The summed E-state index contributed by atoms with van der Waals surface area (Å²) in [5.74, 6) is 0.367. The number of hydrogen-bond acceptors (Lipinski definition) is 5. The summed E-state index contributed by atoms with van der Waals surface area (Å²) in [7, 11) is 0. The lowest BCUT2D eigenvalue weighted by molar-refractivity contribution is 0.0444. The first-order valence-corrected chi connectivity index (χ1v) is 9.31. The Morgan fingerprint density at radius 1 is 0.690 bits per heavy atom. The van der Waals surface area contributed by atoms with Crippen molar-refractivity contribution in [3.8, 4) is 11.5 Å². The Kier molecular flexibility index (Phi) is 7.00. The number of esters is 1. The van der Waals surface area contributed by atoms with Crippen molar-refractivity contribution in [3.05, 3.63) is 95.6 Å².